The van der Waals surface area contributed by atoms with Gasteiger partial charge in [0.05, 0.1) is 7.11 Å². The minimum atomic E-state index is 0.435. The van der Waals surface area contributed by atoms with E-state index in [2.05, 4.69) is 15.9 Å². The van der Waals surface area contributed by atoms with Gasteiger partial charge in [-0.3, -0.25) is 0 Å². The van der Waals surface area contributed by atoms with Gasteiger partial charge in [0.25, 0.3) is 0 Å². The molecule has 0 N–H and O–H groups in total. The second-order valence-electron chi connectivity index (χ2n) is 4.23. The summed E-state index contributed by atoms with van der Waals surface area (Å²) in [4.78, 5) is 0. The van der Waals surface area contributed by atoms with Crippen molar-refractivity contribution in [2.45, 2.75) is 5.33 Å². The van der Waals surface area contributed by atoms with E-state index in [1.54, 1.807) is 7.11 Å². The number of ether oxygens (including phenoxy) is 3. The quantitative estimate of drug-likeness (QED) is 0.521. The summed E-state index contributed by atoms with van der Waals surface area (Å²) in [5.41, 5.74) is 1.01. The first-order valence-electron chi connectivity index (χ1n) is 6.47. The molecule has 2 aromatic carbocycles. The topological polar surface area (TPSA) is 27.7 Å². The molecule has 0 amide bonds. The van der Waals surface area contributed by atoms with E-state index in [9.17, 15) is 0 Å². The molecular weight excluding hydrogens is 356 g/mol. The number of benzene rings is 2. The first-order valence-corrected chi connectivity index (χ1v) is 7.97. The van der Waals surface area contributed by atoms with Crippen LogP contribution in [0.4, 0.5) is 0 Å². The standard InChI is InChI=1S/C16H16BrClO3/c1-19-15-4-2-3-5-16(15)21-9-8-20-14-7-6-13(18)10-12(14)11-17/h2-7,10H,8-9,11H2,1H3. The SMILES string of the molecule is COc1ccccc1OCCOc1ccc(Cl)cc1CBr. The molecule has 0 spiro atoms. The molecule has 0 aliphatic heterocycles. The van der Waals surface area contributed by atoms with Crippen LogP contribution in [0, 0.1) is 0 Å². The second-order valence-corrected chi connectivity index (χ2v) is 5.23. The molecule has 0 saturated heterocycles. The lowest BCUT2D eigenvalue weighted by molar-refractivity contribution is 0.210. The van der Waals surface area contributed by atoms with Crippen molar-refractivity contribution in [3.05, 3.63) is 53.1 Å². The largest absolute Gasteiger partial charge is 0.493 e. The summed E-state index contributed by atoms with van der Waals surface area (Å²) >= 11 is 9.38. The molecule has 112 valence electrons. The van der Waals surface area contributed by atoms with Crippen LogP contribution in [0.5, 0.6) is 17.2 Å². The highest BCUT2D eigenvalue weighted by Crippen LogP contribution is 2.27. The van der Waals surface area contributed by atoms with Crippen LogP contribution in [-0.2, 0) is 5.33 Å². The van der Waals surface area contributed by atoms with Crippen LogP contribution in [0.2, 0.25) is 5.02 Å². The molecule has 0 aliphatic rings. The Kier molecular flexibility index (Phi) is 6.21. The molecule has 3 nitrogen and oxygen atoms in total. The van der Waals surface area contributed by atoms with E-state index in [0.717, 1.165) is 11.3 Å². The number of alkyl halides is 1. The molecule has 5 heteroatoms. The maximum Gasteiger partial charge on any atom is 0.161 e. The normalized spacial score (nSPS) is 10.2. The number of rotatable bonds is 7. The highest BCUT2D eigenvalue weighted by Gasteiger charge is 2.05. The molecule has 0 heterocycles. The van der Waals surface area contributed by atoms with E-state index in [0.29, 0.717) is 35.1 Å². The molecule has 0 unspecified atom stereocenters. The summed E-state index contributed by atoms with van der Waals surface area (Å²) in [6.45, 7) is 0.879. The molecule has 0 aromatic heterocycles. The fraction of sp³-hybridized carbons (Fsp3) is 0.250. The number of para-hydroxylation sites is 2. The predicted molar refractivity (Wildman–Crippen MR) is 88.1 cm³/mol. The molecule has 0 saturated carbocycles. The average molecular weight is 372 g/mol. The van der Waals surface area contributed by atoms with Crippen molar-refractivity contribution in [2.75, 3.05) is 20.3 Å². The highest BCUT2D eigenvalue weighted by molar-refractivity contribution is 9.08. The van der Waals surface area contributed by atoms with E-state index in [1.807, 2.05) is 42.5 Å². The van der Waals surface area contributed by atoms with Gasteiger partial charge in [0.1, 0.15) is 19.0 Å². The van der Waals surface area contributed by atoms with Crippen molar-refractivity contribution in [3.8, 4) is 17.2 Å². The van der Waals surface area contributed by atoms with Crippen LogP contribution in [0.3, 0.4) is 0 Å². The van der Waals surface area contributed by atoms with Crippen LogP contribution in [0.1, 0.15) is 5.56 Å². The molecule has 2 rings (SSSR count). The summed E-state index contributed by atoms with van der Waals surface area (Å²) in [5.74, 6) is 2.23. The molecule has 0 bridgehead atoms. The van der Waals surface area contributed by atoms with Crippen LogP contribution < -0.4 is 14.2 Å². The molecule has 0 atom stereocenters. The monoisotopic (exact) mass is 370 g/mol. The van der Waals surface area contributed by atoms with Gasteiger partial charge >= 0.3 is 0 Å². The Morgan fingerprint density at radius 1 is 0.952 bits per heavy atom. The van der Waals surface area contributed by atoms with E-state index in [-0.39, 0.29) is 0 Å². The smallest absolute Gasteiger partial charge is 0.161 e. The highest BCUT2D eigenvalue weighted by atomic mass is 79.9. The van der Waals surface area contributed by atoms with Crippen molar-refractivity contribution in [1.82, 2.24) is 0 Å². The fourth-order valence-electron chi connectivity index (χ4n) is 1.83. The van der Waals surface area contributed by atoms with E-state index in [1.165, 1.54) is 0 Å². The summed E-state index contributed by atoms with van der Waals surface area (Å²) < 4.78 is 16.6. The number of halogens is 2. The molecule has 0 radical (unpaired) electrons. The first-order chi connectivity index (χ1) is 10.2. The summed E-state index contributed by atoms with van der Waals surface area (Å²) in [5, 5.41) is 1.39. The number of hydrogen-bond acceptors (Lipinski definition) is 3. The van der Waals surface area contributed by atoms with Gasteiger partial charge < -0.3 is 14.2 Å². The van der Waals surface area contributed by atoms with E-state index in [4.69, 9.17) is 25.8 Å². The Labute approximate surface area is 137 Å². The average Bonchev–Trinajstić information content (AvgIpc) is 2.52. The lowest BCUT2D eigenvalue weighted by atomic mass is 10.2. The maximum absolute atomic E-state index is 5.96. The minimum Gasteiger partial charge on any atom is -0.493 e. The third-order valence-electron chi connectivity index (χ3n) is 2.83. The van der Waals surface area contributed by atoms with E-state index < -0.39 is 0 Å². The third kappa shape index (κ3) is 4.55. The zero-order valence-corrected chi connectivity index (χ0v) is 14.0. The molecule has 0 aliphatic carbocycles. The van der Waals surface area contributed by atoms with Crippen molar-refractivity contribution in [1.29, 1.82) is 0 Å². The van der Waals surface area contributed by atoms with Crippen LogP contribution in [0.25, 0.3) is 0 Å². The summed E-state index contributed by atoms with van der Waals surface area (Å²) in [7, 11) is 1.62. The van der Waals surface area contributed by atoms with Crippen molar-refractivity contribution < 1.29 is 14.2 Å². The predicted octanol–water partition coefficient (Wildman–Crippen LogP) is 4.70. The Balaban J connectivity index is 1.87. The van der Waals surface area contributed by atoms with Gasteiger partial charge in [0.15, 0.2) is 11.5 Å². The lowest BCUT2D eigenvalue weighted by Crippen LogP contribution is -2.10. The van der Waals surface area contributed by atoms with Gasteiger partial charge in [-0.2, -0.15) is 0 Å². The van der Waals surface area contributed by atoms with Crippen molar-refractivity contribution in [3.63, 3.8) is 0 Å². The Bertz CT molecular complexity index is 589. The fourth-order valence-corrected chi connectivity index (χ4v) is 2.47. The molecule has 21 heavy (non-hydrogen) atoms. The van der Waals surface area contributed by atoms with Gasteiger partial charge in [-0.05, 0) is 30.3 Å². The maximum atomic E-state index is 5.96. The van der Waals surface area contributed by atoms with Crippen molar-refractivity contribution >= 4 is 27.5 Å². The Hall–Kier alpha value is -1.39. The van der Waals surface area contributed by atoms with Gasteiger partial charge in [-0.25, -0.2) is 0 Å². The zero-order chi connectivity index (χ0) is 15.1. The molecular formula is C16H16BrClO3. The third-order valence-corrected chi connectivity index (χ3v) is 3.67. The lowest BCUT2D eigenvalue weighted by Gasteiger charge is -2.12. The second kappa shape index (κ2) is 8.15. The molecule has 0 fully saturated rings. The van der Waals surface area contributed by atoms with Gasteiger partial charge in [-0.15, -0.1) is 0 Å². The minimum absolute atomic E-state index is 0.435. The number of methoxy groups -OCH3 is 1. The van der Waals surface area contributed by atoms with E-state index >= 15 is 0 Å². The van der Waals surface area contributed by atoms with Crippen LogP contribution in [0.15, 0.2) is 42.5 Å². The number of hydrogen-bond donors (Lipinski definition) is 0. The Morgan fingerprint density at radius 3 is 2.29 bits per heavy atom. The van der Waals surface area contributed by atoms with Crippen LogP contribution >= 0.6 is 27.5 Å². The summed E-state index contributed by atoms with van der Waals surface area (Å²) in [6.07, 6.45) is 0. The summed E-state index contributed by atoms with van der Waals surface area (Å²) in [6, 6.07) is 13.1. The zero-order valence-electron chi connectivity index (χ0n) is 11.6. The van der Waals surface area contributed by atoms with Crippen LogP contribution in [-0.4, -0.2) is 20.3 Å². The molecule has 2 aromatic rings. The Morgan fingerprint density at radius 2 is 1.62 bits per heavy atom. The van der Waals surface area contributed by atoms with Gasteiger partial charge in [-0.1, -0.05) is 39.7 Å². The van der Waals surface area contributed by atoms with Crippen molar-refractivity contribution in [2.24, 2.45) is 0 Å². The first kappa shape index (κ1) is 16.0. The van der Waals surface area contributed by atoms with Gasteiger partial charge in [0, 0.05) is 15.9 Å². The van der Waals surface area contributed by atoms with Gasteiger partial charge in [0.2, 0.25) is 0 Å².